The molecule has 6 nitrogen and oxygen atoms in total. The summed E-state index contributed by atoms with van der Waals surface area (Å²) >= 11 is 0. The average molecular weight is 436 g/mol. The number of aromatic nitrogens is 1. The minimum absolute atomic E-state index is 0.112. The number of hydrogen-bond acceptors (Lipinski definition) is 3. The molecule has 1 aromatic heterocycles. The Morgan fingerprint density at radius 1 is 1.12 bits per heavy atom. The lowest BCUT2D eigenvalue weighted by atomic mass is 9.72. The molecular weight excluding hydrogens is 402 g/mol. The second-order valence-corrected chi connectivity index (χ2v) is 9.29. The van der Waals surface area contributed by atoms with Crippen LogP contribution in [0.4, 0.5) is 5.69 Å². The Labute approximate surface area is 189 Å². The molecule has 1 saturated carbocycles. The summed E-state index contributed by atoms with van der Waals surface area (Å²) in [7, 11) is 0. The Hall–Kier alpha value is -2.89. The first-order chi connectivity index (χ1) is 15.4. The molecule has 1 atom stereocenters. The van der Waals surface area contributed by atoms with Gasteiger partial charge in [0.1, 0.15) is 0 Å². The third-order valence-corrected chi connectivity index (χ3v) is 7.43. The number of amides is 3. The molecule has 0 radical (unpaired) electrons. The summed E-state index contributed by atoms with van der Waals surface area (Å²) < 4.78 is 2.34. The lowest BCUT2D eigenvalue weighted by Gasteiger charge is -2.35. The van der Waals surface area contributed by atoms with Crippen molar-refractivity contribution in [2.24, 2.45) is 0 Å². The predicted octanol–water partition coefficient (Wildman–Crippen LogP) is 4.95. The van der Waals surface area contributed by atoms with Crippen molar-refractivity contribution in [3.8, 4) is 0 Å². The molecule has 170 valence electrons. The first kappa shape index (κ1) is 22.3. The van der Waals surface area contributed by atoms with Crippen LogP contribution in [0.3, 0.4) is 0 Å². The number of carbonyl (C=O) groups is 3. The van der Waals surface area contributed by atoms with Crippen LogP contribution in [0.5, 0.6) is 0 Å². The first-order valence-corrected chi connectivity index (χ1v) is 11.8. The lowest BCUT2D eigenvalue weighted by Crippen LogP contribution is -2.51. The van der Waals surface area contributed by atoms with E-state index in [2.05, 4.69) is 22.1 Å². The third kappa shape index (κ3) is 3.98. The van der Waals surface area contributed by atoms with Crippen molar-refractivity contribution in [3.05, 3.63) is 52.8 Å². The largest absolute Gasteiger partial charge is 0.345 e. The van der Waals surface area contributed by atoms with Gasteiger partial charge in [-0.2, -0.15) is 0 Å². The van der Waals surface area contributed by atoms with E-state index < -0.39 is 5.41 Å². The van der Waals surface area contributed by atoms with Gasteiger partial charge in [-0.25, -0.2) is 0 Å². The standard InChI is InChI=1S/C26H33N3O3/c1-4-26(15-14-23(30)28-25(26)32)19-10-12-20(13-11-19)27-24(31)22-16-17(2)29(18(22)3)21-8-6-5-7-9-21/h10-13,16,21H,4-9,14-15H2,1-3H3,(H,27,31)(H,28,30,32). The molecule has 2 aromatic rings. The minimum atomic E-state index is -0.693. The van der Waals surface area contributed by atoms with Gasteiger partial charge in [0, 0.05) is 29.5 Å². The fraction of sp³-hybridized carbons (Fsp3) is 0.500. The number of aryl methyl sites for hydroxylation is 1. The Kier molecular flexibility index (Phi) is 6.22. The highest BCUT2D eigenvalue weighted by Gasteiger charge is 2.42. The summed E-state index contributed by atoms with van der Waals surface area (Å²) in [5.41, 5.74) is 3.75. The fourth-order valence-corrected chi connectivity index (χ4v) is 5.55. The van der Waals surface area contributed by atoms with Gasteiger partial charge in [-0.15, -0.1) is 0 Å². The van der Waals surface area contributed by atoms with Crippen molar-refractivity contribution >= 4 is 23.4 Å². The van der Waals surface area contributed by atoms with Crippen LogP contribution in [-0.4, -0.2) is 22.3 Å². The Morgan fingerprint density at radius 2 is 1.81 bits per heavy atom. The van der Waals surface area contributed by atoms with E-state index in [1.54, 1.807) is 0 Å². The quantitative estimate of drug-likeness (QED) is 0.652. The van der Waals surface area contributed by atoms with Crippen LogP contribution in [-0.2, 0) is 15.0 Å². The van der Waals surface area contributed by atoms with Crippen LogP contribution in [0.1, 0.15) is 91.6 Å². The summed E-state index contributed by atoms with van der Waals surface area (Å²) in [5, 5.41) is 5.49. The van der Waals surface area contributed by atoms with E-state index in [0.29, 0.717) is 36.6 Å². The number of anilines is 1. The molecule has 2 N–H and O–H groups in total. The first-order valence-electron chi connectivity index (χ1n) is 11.8. The second-order valence-electron chi connectivity index (χ2n) is 9.29. The maximum atomic E-state index is 13.1. The number of carbonyl (C=O) groups excluding carboxylic acids is 3. The van der Waals surface area contributed by atoms with Crippen molar-refractivity contribution in [2.75, 3.05) is 5.32 Å². The van der Waals surface area contributed by atoms with E-state index >= 15 is 0 Å². The maximum Gasteiger partial charge on any atom is 0.257 e. The Balaban J connectivity index is 1.51. The molecular formula is C26H33N3O3. The van der Waals surface area contributed by atoms with Gasteiger partial charge in [0.05, 0.1) is 11.0 Å². The van der Waals surface area contributed by atoms with Gasteiger partial charge in [-0.1, -0.05) is 38.3 Å². The van der Waals surface area contributed by atoms with E-state index in [0.717, 1.165) is 17.0 Å². The smallest absolute Gasteiger partial charge is 0.257 e. The number of nitrogens with one attached hydrogen (secondary N) is 2. The molecule has 6 heteroatoms. The number of hydrogen-bond donors (Lipinski definition) is 2. The third-order valence-electron chi connectivity index (χ3n) is 7.43. The van der Waals surface area contributed by atoms with Crippen LogP contribution in [0.15, 0.2) is 30.3 Å². The number of piperidine rings is 1. The normalized spacial score (nSPS) is 22.0. The van der Waals surface area contributed by atoms with Crippen molar-refractivity contribution < 1.29 is 14.4 Å². The molecule has 1 aromatic carbocycles. The Morgan fingerprint density at radius 3 is 2.44 bits per heavy atom. The maximum absolute atomic E-state index is 13.1. The molecule has 3 amide bonds. The molecule has 2 fully saturated rings. The number of imide groups is 1. The van der Waals surface area contributed by atoms with Gasteiger partial charge in [0.2, 0.25) is 11.8 Å². The number of rotatable bonds is 5. The molecule has 2 heterocycles. The summed E-state index contributed by atoms with van der Waals surface area (Å²) in [5.74, 6) is -0.559. The van der Waals surface area contributed by atoms with Crippen LogP contribution in [0.25, 0.3) is 0 Å². The van der Waals surface area contributed by atoms with Crippen LogP contribution in [0, 0.1) is 13.8 Å². The molecule has 0 bridgehead atoms. The Bertz CT molecular complexity index is 1030. The number of nitrogens with zero attached hydrogens (tertiary/aromatic N) is 1. The van der Waals surface area contributed by atoms with Crippen molar-refractivity contribution in [3.63, 3.8) is 0 Å². The van der Waals surface area contributed by atoms with Crippen LogP contribution < -0.4 is 10.6 Å². The highest BCUT2D eigenvalue weighted by molar-refractivity contribution is 6.06. The van der Waals surface area contributed by atoms with E-state index in [4.69, 9.17) is 0 Å². The minimum Gasteiger partial charge on any atom is -0.345 e. The molecule has 1 saturated heterocycles. The molecule has 1 unspecified atom stereocenters. The molecule has 2 aliphatic rings. The van der Waals surface area contributed by atoms with E-state index in [1.807, 2.05) is 44.2 Å². The molecule has 32 heavy (non-hydrogen) atoms. The van der Waals surface area contributed by atoms with Gasteiger partial charge in [-0.3, -0.25) is 19.7 Å². The topological polar surface area (TPSA) is 80.2 Å². The van der Waals surface area contributed by atoms with Gasteiger partial charge >= 0.3 is 0 Å². The summed E-state index contributed by atoms with van der Waals surface area (Å²) in [6, 6.07) is 9.94. The van der Waals surface area contributed by atoms with E-state index in [1.165, 1.54) is 32.1 Å². The van der Waals surface area contributed by atoms with Crippen molar-refractivity contribution in [1.29, 1.82) is 0 Å². The molecule has 1 aliphatic carbocycles. The summed E-state index contributed by atoms with van der Waals surface area (Å²) in [4.78, 5) is 37.2. The summed E-state index contributed by atoms with van der Waals surface area (Å²) in [6.45, 7) is 6.08. The zero-order valence-electron chi connectivity index (χ0n) is 19.3. The SMILES string of the molecule is CCC1(c2ccc(NC(=O)c3cc(C)n(C4CCCCC4)c3C)cc2)CCC(=O)NC1=O. The van der Waals surface area contributed by atoms with E-state index in [-0.39, 0.29) is 17.7 Å². The fourth-order valence-electron chi connectivity index (χ4n) is 5.55. The highest BCUT2D eigenvalue weighted by Crippen LogP contribution is 2.36. The van der Waals surface area contributed by atoms with Crippen molar-refractivity contribution in [2.45, 2.75) is 83.6 Å². The monoisotopic (exact) mass is 435 g/mol. The van der Waals surface area contributed by atoms with Gasteiger partial charge < -0.3 is 9.88 Å². The zero-order valence-corrected chi connectivity index (χ0v) is 19.3. The van der Waals surface area contributed by atoms with Crippen molar-refractivity contribution in [1.82, 2.24) is 9.88 Å². The van der Waals surface area contributed by atoms with Gasteiger partial charge in [0.25, 0.3) is 5.91 Å². The average Bonchev–Trinajstić information content (AvgIpc) is 3.09. The highest BCUT2D eigenvalue weighted by atomic mass is 16.2. The summed E-state index contributed by atoms with van der Waals surface area (Å²) in [6.07, 6.45) is 7.62. The van der Waals surface area contributed by atoms with Crippen LogP contribution in [0.2, 0.25) is 0 Å². The molecule has 0 spiro atoms. The zero-order chi connectivity index (χ0) is 22.9. The van der Waals surface area contributed by atoms with Gasteiger partial charge in [-0.05, 0) is 63.3 Å². The van der Waals surface area contributed by atoms with Crippen LogP contribution >= 0.6 is 0 Å². The molecule has 1 aliphatic heterocycles. The lowest BCUT2D eigenvalue weighted by molar-refractivity contribution is -0.138. The number of benzene rings is 1. The van der Waals surface area contributed by atoms with Gasteiger partial charge in [0.15, 0.2) is 0 Å². The second kappa shape index (κ2) is 8.93. The van der Waals surface area contributed by atoms with E-state index in [9.17, 15) is 14.4 Å². The molecule has 4 rings (SSSR count). The predicted molar refractivity (Wildman–Crippen MR) is 125 cm³/mol.